The van der Waals surface area contributed by atoms with Gasteiger partial charge in [0.05, 0.1) is 17.9 Å². The van der Waals surface area contributed by atoms with Crippen molar-refractivity contribution in [1.29, 1.82) is 0 Å². The van der Waals surface area contributed by atoms with Gasteiger partial charge in [-0.2, -0.15) is 9.40 Å². The van der Waals surface area contributed by atoms with E-state index in [1.165, 1.54) is 21.1 Å². The summed E-state index contributed by atoms with van der Waals surface area (Å²) in [4.78, 5) is 14.3. The van der Waals surface area contributed by atoms with Crippen LogP contribution in [0, 0.1) is 12.7 Å². The summed E-state index contributed by atoms with van der Waals surface area (Å²) in [6.07, 6.45) is 4.00. The number of sulfonamides is 1. The third-order valence-corrected chi connectivity index (χ3v) is 7.34. The molecule has 1 atom stereocenters. The van der Waals surface area contributed by atoms with Crippen LogP contribution in [-0.4, -0.2) is 48.7 Å². The number of hydrogen-bond acceptors (Lipinski definition) is 5. The Morgan fingerprint density at radius 1 is 1.14 bits per heavy atom. The number of aromatic nitrogens is 2. The molecule has 0 saturated carbocycles. The lowest BCUT2D eigenvalue weighted by Gasteiger charge is -2.34. The lowest BCUT2D eigenvalue weighted by Crippen LogP contribution is -2.44. The SMILES string of the molecule is Cc1ccc(S(=O)(=O)N2CCC[C@H](n3ncc(N4CCC4)cc3=O)C2)c(F)c1. The third-order valence-electron chi connectivity index (χ3n) is 5.44. The van der Waals surface area contributed by atoms with Crippen molar-refractivity contribution in [3.8, 4) is 0 Å². The second-order valence-corrected chi connectivity index (χ2v) is 9.34. The summed E-state index contributed by atoms with van der Waals surface area (Å²) in [5, 5.41) is 4.29. The van der Waals surface area contributed by atoms with Crippen molar-refractivity contribution < 1.29 is 12.8 Å². The largest absolute Gasteiger partial charge is 0.370 e. The van der Waals surface area contributed by atoms with Gasteiger partial charge >= 0.3 is 0 Å². The normalized spacial score (nSPS) is 20.8. The Balaban J connectivity index is 1.58. The predicted molar refractivity (Wildman–Crippen MR) is 103 cm³/mol. The quantitative estimate of drug-likeness (QED) is 0.776. The monoisotopic (exact) mass is 406 g/mol. The van der Waals surface area contributed by atoms with Crippen LogP contribution in [0.1, 0.15) is 30.9 Å². The van der Waals surface area contributed by atoms with Gasteiger partial charge in [0.15, 0.2) is 0 Å². The molecule has 2 fully saturated rings. The summed E-state index contributed by atoms with van der Waals surface area (Å²) in [5.41, 5.74) is 1.22. The lowest BCUT2D eigenvalue weighted by atomic mass is 10.1. The predicted octanol–water partition coefficient (Wildman–Crippen LogP) is 1.93. The van der Waals surface area contributed by atoms with E-state index < -0.39 is 15.8 Å². The highest BCUT2D eigenvalue weighted by Crippen LogP contribution is 2.27. The van der Waals surface area contributed by atoms with Gasteiger partial charge in [-0.15, -0.1) is 0 Å². The zero-order valence-corrected chi connectivity index (χ0v) is 16.5. The first-order valence-corrected chi connectivity index (χ1v) is 10.9. The van der Waals surface area contributed by atoms with Gasteiger partial charge in [-0.05, 0) is 43.9 Å². The average Bonchev–Trinajstić information content (AvgIpc) is 2.60. The van der Waals surface area contributed by atoms with Crippen molar-refractivity contribution in [3.63, 3.8) is 0 Å². The Bertz CT molecular complexity index is 1050. The molecular formula is C19H23FN4O3S. The van der Waals surface area contributed by atoms with E-state index in [4.69, 9.17) is 0 Å². The zero-order chi connectivity index (χ0) is 19.9. The molecule has 0 bridgehead atoms. The smallest absolute Gasteiger partial charge is 0.269 e. The van der Waals surface area contributed by atoms with Gasteiger partial charge < -0.3 is 4.90 Å². The number of benzene rings is 1. The first kappa shape index (κ1) is 19.1. The maximum atomic E-state index is 14.3. The third kappa shape index (κ3) is 3.44. The molecule has 2 saturated heterocycles. The number of aryl methyl sites for hydroxylation is 1. The maximum Gasteiger partial charge on any atom is 0.269 e. The van der Waals surface area contributed by atoms with Crippen LogP contribution in [0.3, 0.4) is 0 Å². The molecule has 4 rings (SSSR count). The molecule has 0 spiro atoms. The standard InChI is InChI=1S/C19H23FN4O3S/c1-14-5-6-18(17(20)10-14)28(26,27)23-9-2-4-15(13-23)24-19(25)11-16(12-21-24)22-7-3-8-22/h5-6,10-12,15H,2-4,7-9,13H2,1H3/t15-/m0/s1. The molecule has 2 aromatic rings. The van der Waals surface area contributed by atoms with E-state index in [9.17, 15) is 17.6 Å². The molecule has 0 radical (unpaired) electrons. The van der Waals surface area contributed by atoms with Crippen LogP contribution in [-0.2, 0) is 10.0 Å². The molecule has 3 heterocycles. The van der Waals surface area contributed by atoms with Crippen molar-refractivity contribution >= 4 is 15.7 Å². The van der Waals surface area contributed by atoms with Crippen molar-refractivity contribution in [3.05, 3.63) is 52.2 Å². The Labute approximate surface area is 163 Å². The van der Waals surface area contributed by atoms with Crippen LogP contribution in [0.2, 0.25) is 0 Å². The van der Waals surface area contributed by atoms with E-state index in [-0.39, 0.29) is 23.0 Å². The number of halogens is 1. The summed E-state index contributed by atoms with van der Waals surface area (Å²) < 4.78 is 42.8. The minimum atomic E-state index is -3.97. The molecule has 2 aliphatic heterocycles. The van der Waals surface area contributed by atoms with Crippen LogP contribution < -0.4 is 10.5 Å². The van der Waals surface area contributed by atoms with Crippen molar-refractivity contribution in [2.24, 2.45) is 0 Å². The minimum absolute atomic E-state index is 0.103. The van der Waals surface area contributed by atoms with Crippen LogP contribution in [0.25, 0.3) is 0 Å². The summed E-state index contributed by atoms with van der Waals surface area (Å²) >= 11 is 0. The van der Waals surface area contributed by atoms with Crippen molar-refractivity contribution in [1.82, 2.24) is 14.1 Å². The van der Waals surface area contributed by atoms with Crippen LogP contribution in [0.5, 0.6) is 0 Å². The van der Waals surface area contributed by atoms with Gasteiger partial charge in [0, 0.05) is 32.2 Å². The van der Waals surface area contributed by atoms with E-state index in [1.54, 1.807) is 25.3 Å². The molecule has 0 N–H and O–H groups in total. The summed E-state index contributed by atoms with van der Waals surface area (Å²) in [6, 6.07) is 5.29. The fraction of sp³-hybridized carbons (Fsp3) is 0.474. The molecule has 9 heteroatoms. The average molecular weight is 406 g/mol. The van der Waals surface area contributed by atoms with Crippen LogP contribution >= 0.6 is 0 Å². The fourth-order valence-electron chi connectivity index (χ4n) is 3.72. The Hall–Kier alpha value is -2.26. The van der Waals surface area contributed by atoms with E-state index in [0.29, 0.717) is 24.9 Å². The van der Waals surface area contributed by atoms with E-state index in [2.05, 4.69) is 10.00 Å². The highest BCUT2D eigenvalue weighted by atomic mass is 32.2. The van der Waals surface area contributed by atoms with E-state index in [0.717, 1.165) is 25.2 Å². The van der Waals surface area contributed by atoms with Gasteiger partial charge in [-0.1, -0.05) is 6.07 Å². The summed E-state index contributed by atoms with van der Waals surface area (Å²) in [5.74, 6) is -0.753. The molecule has 7 nitrogen and oxygen atoms in total. The molecule has 0 aliphatic carbocycles. The number of nitrogens with zero attached hydrogens (tertiary/aromatic N) is 4. The van der Waals surface area contributed by atoms with E-state index >= 15 is 0 Å². The van der Waals surface area contributed by atoms with Crippen LogP contribution in [0.15, 0.2) is 40.2 Å². The Morgan fingerprint density at radius 2 is 1.93 bits per heavy atom. The minimum Gasteiger partial charge on any atom is -0.370 e. The maximum absolute atomic E-state index is 14.3. The van der Waals surface area contributed by atoms with Gasteiger partial charge in [0.25, 0.3) is 5.56 Å². The first-order chi connectivity index (χ1) is 13.4. The molecular weight excluding hydrogens is 383 g/mol. The van der Waals surface area contributed by atoms with E-state index in [1.807, 2.05) is 0 Å². The van der Waals surface area contributed by atoms with Gasteiger partial charge in [-0.3, -0.25) is 4.79 Å². The molecule has 28 heavy (non-hydrogen) atoms. The van der Waals surface area contributed by atoms with Gasteiger partial charge in [0.2, 0.25) is 10.0 Å². The number of anilines is 1. The van der Waals surface area contributed by atoms with Crippen LogP contribution in [0.4, 0.5) is 10.1 Å². The van der Waals surface area contributed by atoms with Gasteiger partial charge in [0.1, 0.15) is 10.7 Å². The number of rotatable bonds is 4. The molecule has 1 aromatic heterocycles. The number of piperidine rings is 1. The summed E-state index contributed by atoms with van der Waals surface area (Å²) in [6.45, 7) is 3.95. The highest BCUT2D eigenvalue weighted by molar-refractivity contribution is 7.89. The summed E-state index contributed by atoms with van der Waals surface area (Å²) in [7, 11) is -3.97. The molecule has 1 aromatic carbocycles. The molecule has 0 amide bonds. The Kier molecular flexibility index (Phi) is 4.96. The molecule has 0 unspecified atom stereocenters. The van der Waals surface area contributed by atoms with Gasteiger partial charge in [-0.25, -0.2) is 17.5 Å². The fourth-order valence-corrected chi connectivity index (χ4v) is 5.28. The topological polar surface area (TPSA) is 75.5 Å². The second-order valence-electron chi connectivity index (χ2n) is 7.43. The van der Waals surface area contributed by atoms with Crippen molar-refractivity contribution in [2.45, 2.75) is 37.1 Å². The number of hydrogen-bond donors (Lipinski definition) is 0. The zero-order valence-electron chi connectivity index (χ0n) is 15.7. The lowest BCUT2D eigenvalue weighted by molar-refractivity contribution is 0.247. The van der Waals surface area contributed by atoms with Crippen molar-refractivity contribution in [2.75, 3.05) is 31.1 Å². The second kappa shape index (κ2) is 7.29. The molecule has 2 aliphatic rings. The first-order valence-electron chi connectivity index (χ1n) is 9.46. The highest BCUT2D eigenvalue weighted by Gasteiger charge is 2.33. The Morgan fingerprint density at radius 3 is 2.57 bits per heavy atom. The molecule has 150 valence electrons.